The summed E-state index contributed by atoms with van der Waals surface area (Å²) < 4.78 is 0. The smallest absolute Gasteiger partial charge is 0.252 e. The van der Waals surface area contributed by atoms with Crippen LogP contribution in [0.4, 0.5) is 0 Å². The molecule has 0 fully saturated rings. The van der Waals surface area contributed by atoms with E-state index in [-0.39, 0.29) is 11.7 Å². The van der Waals surface area contributed by atoms with Gasteiger partial charge in [-0.1, -0.05) is 30.3 Å². The predicted molar refractivity (Wildman–Crippen MR) is 76.7 cm³/mol. The van der Waals surface area contributed by atoms with E-state index in [0.29, 0.717) is 22.5 Å². The van der Waals surface area contributed by atoms with E-state index < -0.39 is 0 Å². The van der Waals surface area contributed by atoms with Crippen LogP contribution in [0.3, 0.4) is 0 Å². The van der Waals surface area contributed by atoms with Crippen molar-refractivity contribution in [3.63, 3.8) is 0 Å². The van der Waals surface area contributed by atoms with Crippen molar-refractivity contribution in [3.8, 4) is 0 Å². The normalized spacial score (nSPS) is 9.89. The van der Waals surface area contributed by atoms with Gasteiger partial charge in [0.1, 0.15) is 0 Å². The number of rotatable bonds is 5. The summed E-state index contributed by atoms with van der Waals surface area (Å²) in [6.07, 6.45) is 1.60. The van der Waals surface area contributed by atoms with E-state index in [1.165, 1.54) is 11.3 Å². The Hall–Kier alpha value is -2.20. The Morgan fingerprint density at radius 1 is 1.16 bits per heavy atom. The first-order valence-corrected chi connectivity index (χ1v) is 6.68. The maximum atomic E-state index is 12.3. The lowest BCUT2D eigenvalue weighted by atomic mass is 10.0. The lowest BCUT2D eigenvalue weighted by Crippen LogP contribution is -2.25. The van der Waals surface area contributed by atoms with Crippen LogP contribution in [-0.2, 0) is 0 Å². The molecular weight excluding hydrogens is 258 g/mol. The second-order valence-electron chi connectivity index (χ2n) is 3.85. The van der Waals surface area contributed by atoms with Crippen molar-refractivity contribution in [2.24, 2.45) is 0 Å². The summed E-state index contributed by atoms with van der Waals surface area (Å²) in [6, 6.07) is 10.4. The van der Waals surface area contributed by atoms with Gasteiger partial charge in [-0.3, -0.25) is 9.59 Å². The van der Waals surface area contributed by atoms with Gasteiger partial charge < -0.3 is 5.32 Å². The SMILES string of the molecule is C=CCNC(=O)c1ccccc1C(=O)c1cccs1. The van der Waals surface area contributed by atoms with Crippen molar-refractivity contribution >= 4 is 23.0 Å². The minimum Gasteiger partial charge on any atom is -0.349 e. The van der Waals surface area contributed by atoms with Crippen molar-refractivity contribution < 1.29 is 9.59 Å². The summed E-state index contributed by atoms with van der Waals surface area (Å²) in [7, 11) is 0. The fourth-order valence-electron chi connectivity index (χ4n) is 1.68. The number of thiophene rings is 1. The van der Waals surface area contributed by atoms with Gasteiger partial charge in [0.05, 0.1) is 10.4 Å². The second kappa shape index (κ2) is 6.11. The van der Waals surface area contributed by atoms with Gasteiger partial charge in [0.15, 0.2) is 0 Å². The van der Waals surface area contributed by atoms with Crippen molar-refractivity contribution in [2.45, 2.75) is 0 Å². The molecule has 0 radical (unpaired) electrons. The summed E-state index contributed by atoms with van der Waals surface area (Å²) in [5.41, 5.74) is 0.814. The van der Waals surface area contributed by atoms with Crippen LogP contribution in [0.2, 0.25) is 0 Å². The van der Waals surface area contributed by atoms with Crippen molar-refractivity contribution in [2.75, 3.05) is 6.54 Å². The highest BCUT2D eigenvalue weighted by Gasteiger charge is 2.17. The van der Waals surface area contributed by atoms with Gasteiger partial charge in [0.25, 0.3) is 5.91 Å². The van der Waals surface area contributed by atoms with Gasteiger partial charge in [-0.25, -0.2) is 0 Å². The number of amides is 1. The Bertz CT molecular complexity index is 602. The zero-order valence-electron chi connectivity index (χ0n) is 10.3. The molecule has 96 valence electrons. The number of benzene rings is 1. The first-order valence-electron chi connectivity index (χ1n) is 5.80. The average Bonchev–Trinajstić information content (AvgIpc) is 2.98. The minimum atomic E-state index is -0.264. The summed E-state index contributed by atoms with van der Waals surface area (Å²) in [5.74, 6) is -0.389. The fourth-order valence-corrected chi connectivity index (χ4v) is 2.36. The maximum absolute atomic E-state index is 12.3. The number of ketones is 1. The monoisotopic (exact) mass is 271 g/mol. The van der Waals surface area contributed by atoms with Gasteiger partial charge >= 0.3 is 0 Å². The van der Waals surface area contributed by atoms with E-state index in [4.69, 9.17) is 0 Å². The molecule has 1 heterocycles. The van der Waals surface area contributed by atoms with Crippen LogP contribution in [0.15, 0.2) is 54.4 Å². The van der Waals surface area contributed by atoms with Crippen molar-refractivity contribution in [1.82, 2.24) is 5.32 Å². The largest absolute Gasteiger partial charge is 0.349 e. The molecule has 0 saturated carbocycles. The molecule has 19 heavy (non-hydrogen) atoms. The molecule has 0 atom stereocenters. The van der Waals surface area contributed by atoms with Gasteiger partial charge in [0.2, 0.25) is 5.78 Å². The van der Waals surface area contributed by atoms with Gasteiger partial charge in [-0.15, -0.1) is 17.9 Å². The third-order valence-corrected chi connectivity index (χ3v) is 3.44. The molecule has 0 aliphatic carbocycles. The van der Waals surface area contributed by atoms with E-state index >= 15 is 0 Å². The van der Waals surface area contributed by atoms with Crippen LogP contribution in [0.5, 0.6) is 0 Å². The number of hydrogen-bond acceptors (Lipinski definition) is 3. The third kappa shape index (κ3) is 2.98. The average molecular weight is 271 g/mol. The van der Waals surface area contributed by atoms with Crippen LogP contribution >= 0.6 is 11.3 Å². The van der Waals surface area contributed by atoms with Crippen molar-refractivity contribution in [3.05, 3.63) is 70.4 Å². The molecule has 0 saturated heterocycles. The first kappa shape index (κ1) is 13.2. The highest BCUT2D eigenvalue weighted by atomic mass is 32.1. The molecule has 1 N–H and O–H groups in total. The second-order valence-corrected chi connectivity index (χ2v) is 4.80. The van der Waals surface area contributed by atoms with Crippen LogP contribution in [0.1, 0.15) is 25.6 Å². The van der Waals surface area contributed by atoms with Crippen molar-refractivity contribution in [1.29, 1.82) is 0 Å². The van der Waals surface area contributed by atoms with Gasteiger partial charge in [-0.2, -0.15) is 0 Å². The third-order valence-electron chi connectivity index (χ3n) is 2.57. The molecule has 2 aromatic rings. The van der Waals surface area contributed by atoms with E-state index in [1.807, 2.05) is 11.4 Å². The highest BCUT2D eigenvalue weighted by Crippen LogP contribution is 2.18. The Morgan fingerprint density at radius 2 is 1.89 bits per heavy atom. The quantitative estimate of drug-likeness (QED) is 0.671. The zero-order valence-corrected chi connectivity index (χ0v) is 11.1. The molecule has 3 nitrogen and oxygen atoms in total. The Labute approximate surface area is 115 Å². The number of carbonyl (C=O) groups excluding carboxylic acids is 2. The highest BCUT2D eigenvalue weighted by molar-refractivity contribution is 7.12. The molecule has 0 aliphatic heterocycles. The lowest BCUT2D eigenvalue weighted by Gasteiger charge is -2.07. The predicted octanol–water partition coefficient (Wildman–Crippen LogP) is 2.89. The Balaban J connectivity index is 2.33. The fraction of sp³-hybridized carbons (Fsp3) is 0.0667. The van der Waals surface area contributed by atoms with Crippen LogP contribution in [0, 0.1) is 0 Å². The summed E-state index contributed by atoms with van der Waals surface area (Å²) in [6.45, 7) is 3.92. The molecule has 0 aliphatic rings. The molecular formula is C15H13NO2S. The summed E-state index contributed by atoms with van der Waals surface area (Å²) in [4.78, 5) is 24.9. The molecule has 2 rings (SSSR count). The minimum absolute atomic E-state index is 0.126. The first-order chi connectivity index (χ1) is 9.24. The Kier molecular flexibility index (Phi) is 4.26. The zero-order chi connectivity index (χ0) is 13.7. The number of nitrogens with one attached hydrogen (secondary N) is 1. The van der Waals surface area contributed by atoms with Crippen LogP contribution in [0.25, 0.3) is 0 Å². The van der Waals surface area contributed by atoms with E-state index in [2.05, 4.69) is 11.9 Å². The van der Waals surface area contributed by atoms with Gasteiger partial charge in [0, 0.05) is 12.1 Å². The Morgan fingerprint density at radius 3 is 2.53 bits per heavy atom. The van der Waals surface area contributed by atoms with E-state index in [1.54, 1.807) is 36.4 Å². The van der Waals surface area contributed by atoms with E-state index in [0.717, 1.165) is 0 Å². The molecule has 0 bridgehead atoms. The van der Waals surface area contributed by atoms with E-state index in [9.17, 15) is 9.59 Å². The summed E-state index contributed by atoms with van der Waals surface area (Å²) >= 11 is 1.37. The standard InChI is InChI=1S/C15H13NO2S/c1-2-9-16-15(18)12-7-4-3-6-11(12)14(17)13-8-5-10-19-13/h2-8,10H,1,9H2,(H,16,18). The summed E-state index contributed by atoms with van der Waals surface area (Å²) in [5, 5.41) is 4.52. The topological polar surface area (TPSA) is 46.2 Å². The molecule has 1 aromatic heterocycles. The molecule has 0 unspecified atom stereocenters. The molecule has 1 aromatic carbocycles. The molecule has 1 amide bonds. The maximum Gasteiger partial charge on any atom is 0.252 e. The number of carbonyl (C=O) groups is 2. The molecule has 0 spiro atoms. The lowest BCUT2D eigenvalue weighted by molar-refractivity contribution is 0.0946. The number of hydrogen-bond donors (Lipinski definition) is 1. The molecule has 4 heteroatoms. The van der Waals surface area contributed by atoms with Crippen LogP contribution in [-0.4, -0.2) is 18.2 Å². The van der Waals surface area contributed by atoms with Gasteiger partial charge in [-0.05, 0) is 17.5 Å². The van der Waals surface area contributed by atoms with Crippen LogP contribution < -0.4 is 5.32 Å².